The Bertz CT molecular complexity index is 1040. The lowest BCUT2D eigenvalue weighted by Gasteiger charge is -2.20. The maximum absolute atomic E-state index is 12.9. The van der Waals surface area contributed by atoms with E-state index in [9.17, 15) is 18.0 Å². The molecule has 33 heavy (non-hydrogen) atoms. The molecule has 0 aliphatic carbocycles. The zero-order valence-electron chi connectivity index (χ0n) is 19.2. The largest absolute Gasteiger partial charge is 0.352 e. The summed E-state index contributed by atoms with van der Waals surface area (Å²) in [6, 6.07) is 13.7. The number of hydrogen-bond acceptors (Lipinski definition) is 4. The van der Waals surface area contributed by atoms with Gasteiger partial charge in [-0.2, -0.15) is 4.31 Å². The number of nitrogens with one attached hydrogen (secondary N) is 2. The highest BCUT2D eigenvalue weighted by atomic mass is 32.2. The third-order valence-electron chi connectivity index (χ3n) is 5.71. The van der Waals surface area contributed by atoms with E-state index in [2.05, 4.69) is 10.6 Å². The quantitative estimate of drug-likeness (QED) is 0.579. The predicted molar refractivity (Wildman–Crippen MR) is 130 cm³/mol. The summed E-state index contributed by atoms with van der Waals surface area (Å²) in [5.41, 5.74) is 1.97. The van der Waals surface area contributed by atoms with Crippen LogP contribution in [0.4, 0.5) is 5.69 Å². The predicted octanol–water partition coefficient (Wildman–Crippen LogP) is 3.96. The summed E-state index contributed by atoms with van der Waals surface area (Å²) in [6.45, 7) is 3.74. The van der Waals surface area contributed by atoms with Crippen molar-refractivity contribution in [3.8, 4) is 0 Å². The molecule has 8 heteroatoms. The number of benzene rings is 2. The Labute approximate surface area is 196 Å². The van der Waals surface area contributed by atoms with Crippen molar-refractivity contribution in [1.82, 2.24) is 9.62 Å². The number of hydrogen-bond donors (Lipinski definition) is 2. The molecule has 0 saturated carbocycles. The highest BCUT2D eigenvalue weighted by Gasteiger charge is 2.24. The number of rotatable bonds is 9. The molecule has 1 aliphatic rings. The van der Waals surface area contributed by atoms with E-state index >= 15 is 0 Å². The smallest absolute Gasteiger partial charge is 0.251 e. The van der Waals surface area contributed by atoms with Crippen LogP contribution >= 0.6 is 0 Å². The highest BCUT2D eigenvalue weighted by molar-refractivity contribution is 7.89. The van der Waals surface area contributed by atoms with Gasteiger partial charge in [-0.05, 0) is 61.6 Å². The van der Waals surface area contributed by atoms with E-state index < -0.39 is 10.0 Å². The molecule has 7 nitrogen and oxygen atoms in total. The molecule has 3 rings (SSSR count). The zero-order valence-corrected chi connectivity index (χ0v) is 20.0. The molecule has 0 radical (unpaired) electrons. The minimum Gasteiger partial charge on any atom is -0.352 e. The monoisotopic (exact) mass is 471 g/mol. The van der Waals surface area contributed by atoms with Crippen LogP contribution in [0.3, 0.4) is 0 Å². The molecular formula is C25H33N3O4S. The van der Waals surface area contributed by atoms with Gasteiger partial charge in [0.2, 0.25) is 15.9 Å². The molecule has 0 atom stereocenters. The molecule has 1 aliphatic heterocycles. The third kappa shape index (κ3) is 7.14. The lowest BCUT2D eigenvalue weighted by Crippen LogP contribution is -2.31. The summed E-state index contributed by atoms with van der Waals surface area (Å²) in [6.07, 6.45) is 5.55. The lowest BCUT2D eigenvalue weighted by molar-refractivity contribution is -0.116. The van der Waals surface area contributed by atoms with E-state index in [1.54, 1.807) is 52.8 Å². The van der Waals surface area contributed by atoms with Gasteiger partial charge in [0.1, 0.15) is 0 Å². The molecule has 0 spiro atoms. The number of carbonyl (C=O) groups is 2. The normalized spacial score (nSPS) is 14.9. The first-order valence-corrected chi connectivity index (χ1v) is 13.1. The van der Waals surface area contributed by atoms with E-state index in [0.717, 1.165) is 37.7 Å². The van der Waals surface area contributed by atoms with Crippen molar-refractivity contribution >= 4 is 27.5 Å². The first kappa shape index (κ1) is 24.9. The standard InChI is InChI=1S/C25H33N3O4S/c1-2-16-26-25(30)21-8-7-9-22(19-21)27-24(29)15-12-20-10-13-23(14-11-20)33(31,32)28-17-5-3-4-6-18-28/h7-11,13-14,19H,2-6,12,15-18H2,1H3,(H,26,30)(H,27,29). The van der Waals surface area contributed by atoms with E-state index in [0.29, 0.717) is 42.2 Å². The maximum Gasteiger partial charge on any atom is 0.251 e. The second kappa shape index (κ2) is 12.0. The van der Waals surface area contributed by atoms with Crippen LogP contribution < -0.4 is 10.6 Å². The Hall–Kier alpha value is -2.71. The summed E-state index contributed by atoms with van der Waals surface area (Å²) in [4.78, 5) is 24.8. The summed E-state index contributed by atoms with van der Waals surface area (Å²) >= 11 is 0. The van der Waals surface area contributed by atoms with Gasteiger partial charge in [-0.25, -0.2) is 8.42 Å². The molecule has 2 aromatic carbocycles. The Morgan fingerprint density at radius 1 is 0.970 bits per heavy atom. The van der Waals surface area contributed by atoms with Gasteiger partial charge in [-0.1, -0.05) is 38.0 Å². The first-order valence-electron chi connectivity index (χ1n) is 11.7. The van der Waals surface area contributed by atoms with Gasteiger partial charge in [0.25, 0.3) is 5.91 Å². The molecule has 1 fully saturated rings. The maximum atomic E-state index is 12.9. The number of sulfonamides is 1. The molecule has 1 saturated heterocycles. The van der Waals surface area contributed by atoms with Crippen molar-refractivity contribution < 1.29 is 18.0 Å². The van der Waals surface area contributed by atoms with Crippen LogP contribution in [-0.4, -0.2) is 44.2 Å². The lowest BCUT2D eigenvalue weighted by atomic mass is 10.1. The molecule has 2 amide bonds. The van der Waals surface area contributed by atoms with Gasteiger partial charge in [0, 0.05) is 37.3 Å². The second-order valence-corrected chi connectivity index (χ2v) is 10.3. The molecule has 2 N–H and O–H groups in total. The van der Waals surface area contributed by atoms with Gasteiger partial charge in [-0.3, -0.25) is 9.59 Å². The van der Waals surface area contributed by atoms with Crippen molar-refractivity contribution in [2.45, 2.75) is 56.8 Å². The molecule has 0 unspecified atom stereocenters. The Morgan fingerprint density at radius 3 is 2.33 bits per heavy atom. The molecule has 0 bridgehead atoms. The number of carbonyl (C=O) groups excluding carboxylic acids is 2. The fourth-order valence-corrected chi connectivity index (χ4v) is 5.34. The van der Waals surface area contributed by atoms with Gasteiger partial charge < -0.3 is 10.6 Å². The van der Waals surface area contributed by atoms with Crippen molar-refractivity contribution in [1.29, 1.82) is 0 Å². The Balaban J connectivity index is 1.54. The van der Waals surface area contributed by atoms with E-state index in [4.69, 9.17) is 0 Å². The minimum atomic E-state index is -3.47. The van der Waals surface area contributed by atoms with Crippen molar-refractivity contribution in [2.24, 2.45) is 0 Å². The fraction of sp³-hybridized carbons (Fsp3) is 0.440. The second-order valence-electron chi connectivity index (χ2n) is 8.35. The van der Waals surface area contributed by atoms with Crippen LogP contribution in [0.25, 0.3) is 0 Å². The van der Waals surface area contributed by atoms with Crippen molar-refractivity contribution in [3.05, 3.63) is 59.7 Å². The van der Waals surface area contributed by atoms with E-state index in [1.165, 1.54) is 0 Å². The molecule has 178 valence electrons. The number of nitrogens with zero attached hydrogens (tertiary/aromatic N) is 1. The molecule has 1 heterocycles. The average molecular weight is 472 g/mol. The first-order chi connectivity index (χ1) is 15.9. The van der Waals surface area contributed by atoms with Gasteiger partial charge in [0.15, 0.2) is 0 Å². The van der Waals surface area contributed by atoms with Crippen LogP contribution in [0.1, 0.15) is 61.4 Å². The Kier molecular flexibility index (Phi) is 9.03. The van der Waals surface area contributed by atoms with Crippen LogP contribution in [-0.2, 0) is 21.2 Å². The van der Waals surface area contributed by atoms with Crippen LogP contribution in [0.15, 0.2) is 53.4 Å². The van der Waals surface area contributed by atoms with Crippen molar-refractivity contribution in [3.63, 3.8) is 0 Å². The van der Waals surface area contributed by atoms with Gasteiger partial charge in [-0.15, -0.1) is 0 Å². The fourth-order valence-electron chi connectivity index (χ4n) is 3.82. The topological polar surface area (TPSA) is 95.6 Å². The van der Waals surface area contributed by atoms with Gasteiger partial charge in [0.05, 0.1) is 4.90 Å². The number of aryl methyl sites for hydroxylation is 1. The minimum absolute atomic E-state index is 0.164. The SMILES string of the molecule is CCCNC(=O)c1cccc(NC(=O)CCc2ccc(S(=O)(=O)N3CCCCCC3)cc2)c1. The summed E-state index contributed by atoms with van der Waals surface area (Å²) in [7, 11) is -3.47. The van der Waals surface area contributed by atoms with Crippen LogP contribution in [0, 0.1) is 0 Å². The molecule has 2 aromatic rings. The number of amides is 2. The molecule has 0 aromatic heterocycles. The van der Waals surface area contributed by atoms with E-state index in [-0.39, 0.29) is 18.2 Å². The average Bonchev–Trinajstić information content (AvgIpc) is 3.12. The highest BCUT2D eigenvalue weighted by Crippen LogP contribution is 2.21. The summed E-state index contributed by atoms with van der Waals surface area (Å²) < 4.78 is 27.4. The van der Waals surface area contributed by atoms with Crippen LogP contribution in [0.5, 0.6) is 0 Å². The third-order valence-corrected chi connectivity index (χ3v) is 7.62. The summed E-state index contributed by atoms with van der Waals surface area (Å²) in [5.74, 6) is -0.328. The van der Waals surface area contributed by atoms with Gasteiger partial charge >= 0.3 is 0 Å². The Morgan fingerprint density at radius 2 is 1.67 bits per heavy atom. The van der Waals surface area contributed by atoms with Crippen LogP contribution in [0.2, 0.25) is 0 Å². The van der Waals surface area contributed by atoms with Crippen molar-refractivity contribution in [2.75, 3.05) is 25.0 Å². The van der Waals surface area contributed by atoms with E-state index in [1.807, 2.05) is 6.92 Å². The summed E-state index contributed by atoms with van der Waals surface area (Å²) in [5, 5.41) is 5.64. The molecular weight excluding hydrogens is 438 g/mol. The number of anilines is 1. The zero-order chi connectivity index (χ0) is 23.7.